The van der Waals surface area contributed by atoms with E-state index in [1.165, 1.54) is 63.9 Å². The van der Waals surface area contributed by atoms with E-state index in [4.69, 9.17) is 0 Å². The third-order valence-corrected chi connectivity index (χ3v) is 5.33. The molecule has 0 saturated carbocycles. The zero-order valence-electron chi connectivity index (χ0n) is 13.5. The van der Waals surface area contributed by atoms with Crippen LogP contribution < -0.4 is 5.32 Å². The molecule has 0 aliphatic carbocycles. The lowest BCUT2D eigenvalue weighted by Crippen LogP contribution is -2.62. The van der Waals surface area contributed by atoms with E-state index in [9.17, 15) is 0 Å². The molecule has 2 atom stereocenters. The fourth-order valence-electron chi connectivity index (χ4n) is 2.94. The summed E-state index contributed by atoms with van der Waals surface area (Å²) in [6.07, 6.45) is 10.3. The van der Waals surface area contributed by atoms with E-state index in [1.807, 2.05) is 11.8 Å². The van der Waals surface area contributed by atoms with Crippen molar-refractivity contribution in [2.45, 2.75) is 70.9 Å². The van der Waals surface area contributed by atoms with Crippen LogP contribution in [0.3, 0.4) is 0 Å². The molecule has 0 spiro atoms. The fourth-order valence-corrected chi connectivity index (χ4v) is 3.44. The minimum atomic E-state index is 0.338. The molecule has 1 saturated heterocycles. The molecule has 2 unspecified atom stereocenters. The molecule has 0 aromatic carbocycles. The van der Waals surface area contributed by atoms with E-state index in [1.54, 1.807) is 0 Å². The number of unbranched alkanes of at least 4 members (excludes halogenated alkanes) is 3. The molecular formula is C16H34N2S. The van der Waals surface area contributed by atoms with Crippen molar-refractivity contribution >= 4 is 11.8 Å². The second-order valence-electron chi connectivity index (χ2n) is 6.23. The topological polar surface area (TPSA) is 15.3 Å². The number of hydrogen-bond donors (Lipinski definition) is 1. The summed E-state index contributed by atoms with van der Waals surface area (Å²) in [6.45, 7) is 10.7. The molecule has 1 fully saturated rings. The van der Waals surface area contributed by atoms with E-state index in [0.29, 0.717) is 5.54 Å². The monoisotopic (exact) mass is 286 g/mol. The molecule has 1 aliphatic rings. The third kappa shape index (κ3) is 6.05. The van der Waals surface area contributed by atoms with Gasteiger partial charge in [0, 0.05) is 24.7 Å². The Bertz CT molecular complexity index is 235. The molecule has 19 heavy (non-hydrogen) atoms. The Balaban J connectivity index is 2.27. The van der Waals surface area contributed by atoms with Gasteiger partial charge in [0.15, 0.2) is 0 Å². The summed E-state index contributed by atoms with van der Waals surface area (Å²) in [5.74, 6) is 1.33. The van der Waals surface area contributed by atoms with Crippen molar-refractivity contribution in [1.82, 2.24) is 10.2 Å². The smallest absolute Gasteiger partial charge is 0.0278 e. The second-order valence-corrected chi connectivity index (χ2v) is 7.22. The fraction of sp³-hybridized carbons (Fsp3) is 1.00. The van der Waals surface area contributed by atoms with Gasteiger partial charge in [-0.2, -0.15) is 11.8 Å². The molecule has 0 bridgehead atoms. The number of piperazine rings is 1. The average molecular weight is 287 g/mol. The first-order chi connectivity index (χ1) is 9.15. The van der Waals surface area contributed by atoms with E-state index in [0.717, 1.165) is 6.04 Å². The Labute approximate surface area is 125 Å². The molecule has 1 aliphatic heterocycles. The van der Waals surface area contributed by atoms with Gasteiger partial charge in [0.2, 0.25) is 0 Å². The van der Waals surface area contributed by atoms with Gasteiger partial charge in [-0.05, 0) is 51.2 Å². The largest absolute Gasteiger partial charge is 0.309 e. The normalized spacial score (nSPS) is 28.7. The van der Waals surface area contributed by atoms with Crippen LogP contribution in [0.15, 0.2) is 0 Å². The highest BCUT2D eigenvalue weighted by Crippen LogP contribution is 2.21. The van der Waals surface area contributed by atoms with Crippen molar-refractivity contribution in [2.75, 3.05) is 31.6 Å². The predicted molar refractivity (Wildman–Crippen MR) is 89.2 cm³/mol. The van der Waals surface area contributed by atoms with E-state index >= 15 is 0 Å². The molecular weight excluding hydrogens is 252 g/mol. The van der Waals surface area contributed by atoms with Crippen LogP contribution in [0.4, 0.5) is 0 Å². The van der Waals surface area contributed by atoms with Crippen LogP contribution in [-0.4, -0.2) is 48.1 Å². The summed E-state index contributed by atoms with van der Waals surface area (Å²) in [5, 5.41) is 3.75. The average Bonchev–Trinajstić information content (AvgIpc) is 2.43. The maximum absolute atomic E-state index is 3.75. The SMILES string of the molecule is CCC1CNC(C)(CC)CN1CCCCCCSC. The molecule has 114 valence electrons. The Morgan fingerprint density at radius 3 is 2.58 bits per heavy atom. The lowest BCUT2D eigenvalue weighted by molar-refractivity contribution is 0.0804. The van der Waals surface area contributed by atoms with Gasteiger partial charge in [0.25, 0.3) is 0 Å². The minimum Gasteiger partial charge on any atom is -0.309 e. The summed E-state index contributed by atoms with van der Waals surface area (Å²) in [4.78, 5) is 2.74. The number of thioether (sulfide) groups is 1. The molecule has 0 aromatic heterocycles. The molecule has 2 nitrogen and oxygen atoms in total. The van der Waals surface area contributed by atoms with Gasteiger partial charge in [0.1, 0.15) is 0 Å². The number of hydrogen-bond acceptors (Lipinski definition) is 3. The van der Waals surface area contributed by atoms with E-state index < -0.39 is 0 Å². The standard InChI is InChI=1S/C16H34N2S/c1-5-15-13-17-16(3,6-2)14-18(15)11-9-7-8-10-12-19-4/h15,17H,5-14H2,1-4H3. The summed E-state index contributed by atoms with van der Waals surface area (Å²) in [6, 6.07) is 0.755. The maximum Gasteiger partial charge on any atom is 0.0278 e. The van der Waals surface area contributed by atoms with Gasteiger partial charge in [0.05, 0.1) is 0 Å². The van der Waals surface area contributed by atoms with Gasteiger partial charge in [-0.25, -0.2) is 0 Å². The quantitative estimate of drug-likeness (QED) is 0.650. The van der Waals surface area contributed by atoms with Crippen LogP contribution in [0.2, 0.25) is 0 Å². The van der Waals surface area contributed by atoms with Gasteiger partial charge < -0.3 is 5.32 Å². The van der Waals surface area contributed by atoms with Crippen molar-refractivity contribution < 1.29 is 0 Å². The number of rotatable bonds is 9. The first kappa shape index (κ1) is 17.3. The molecule has 3 heteroatoms. The Morgan fingerprint density at radius 2 is 1.95 bits per heavy atom. The van der Waals surface area contributed by atoms with Crippen LogP contribution in [0.5, 0.6) is 0 Å². The molecule has 0 radical (unpaired) electrons. The van der Waals surface area contributed by atoms with Gasteiger partial charge in [-0.3, -0.25) is 4.90 Å². The van der Waals surface area contributed by atoms with Crippen molar-refractivity contribution in [1.29, 1.82) is 0 Å². The lowest BCUT2D eigenvalue weighted by Gasteiger charge is -2.46. The molecule has 1 heterocycles. The summed E-state index contributed by atoms with van der Waals surface area (Å²) in [7, 11) is 0. The van der Waals surface area contributed by atoms with Crippen molar-refractivity contribution in [3.05, 3.63) is 0 Å². The highest BCUT2D eigenvalue weighted by Gasteiger charge is 2.33. The number of nitrogens with one attached hydrogen (secondary N) is 1. The highest BCUT2D eigenvalue weighted by molar-refractivity contribution is 7.98. The van der Waals surface area contributed by atoms with Crippen LogP contribution in [0.25, 0.3) is 0 Å². The maximum atomic E-state index is 3.75. The molecule has 0 amide bonds. The van der Waals surface area contributed by atoms with Crippen LogP contribution in [0, 0.1) is 0 Å². The summed E-state index contributed by atoms with van der Waals surface area (Å²) in [5.41, 5.74) is 0.338. The summed E-state index contributed by atoms with van der Waals surface area (Å²) < 4.78 is 0. The minimum absolute atomic E-state index is 0.338. The van der Waals surface area contributed by atoms with Crippen molar-refractivity contribution in [3.8, 4) is 0 Å². The zero-order chi connectivity index (χ0) is 14.1. The molecule has 0 aromatic rings. The van der Waals surface area contributed by atoms with Gasteiger partial charge in [-0.15, -0.1) is 0 Å². The summed E-state index contributed by atoms with van der Waals surface area (Å²) >= 11 is 1.98. The third-order valence-electron chi connectivity index (χ3n) is 4.63. The van der Waals surface area contributed by atoms with Gasteiger partial charge in [-0.1, -0.05) is 26.7 Å². The van der Waals surface area contributed by atoms with E-state index in [2.05, 4.69) is 37.2 Å². The predicted octanol–water partition coefficient (Wildman–Crippen LogP) is 3.76. The van der Waals surface area contributed by atoms with Crippen molar-refractivity contribution in [3.63, 3.8) is 0 Å². The van der Waals surface area contributed by atoms with Crippen LogP contribution >= 0.6 is 11.8 Å². The van der Waals surface area contributed by atoms with Crippen LogP contribution in [0.1, 0.15) is 59.3 Å². The molecule has 1 N–H and O–H groups in total. The van der Waals surface area contributed by atoms with Gasteiger partial charge >= 0.3 is 0 Å². The zero-order valence-corrected chi connectivity index (χ0v) is 14.3. The Kier molecular flexibility index (Phi) is 8.43. The van der Waals surface area contributed by atoms with Crippen molar-refractivity contribution in [2.24, 2.45) is 0 Å². The van der Waals surface area contributed by atoms with Crippen LogP contribution in [-0.2, 0) is 0 Å². The van der Waals surface area contributed by atoms with E-state index in [-0.39, 0.29) is 0 Å². The highest BCUT2D eigenvalue weighted by atomic mass is 32.2. The Hall–Kier alpha value is 0.270. The second kappa shape index (κ2) is 9.25. The number of nitrogens with zero attached hydrogens (tertiary/aromatic N) is 1. The first-order valence-corrected chi connectivity index (χ1v) is 9.52. The molecule has 1 rings (SSSR count). The first-order valence-electron chi connectivity index (χ1n) is 8.13. The lowest BCUT2D eigenvalue weighted by atomic mass is 9.92. The Morgan fingerprint density at radius 1 is 1.21 bits per heavy atom.